The van der Waals surface area contributed by atoms with Gasteiger partial charge in [0.2, 0.25) is 5.88 Å². The van der Waals surface area contributed by atoms with Gasteiger partial charge in [-0.05, 0) is 18.2 Å². The molecule has 0 saturated heterocycles. The van der Waals surface area contributed by atoms with Gasteiger partial charge in [-0.1, -0.05) is 17.7 Å². The SMILES string of the molecule is N#Cc1ccc(Oc2cccc(Cl)n2)cc1F. The van der Waals surface area contributed by atoms with Gasteiger partial charge in [0.05, 0.1) is 5.56 Å². The number of rotatable bonds is 2. The van der Waals surface area contributed by atoms with Crippen LogP contribution in [0.25, 0.3) is 0 Å². The maximum atomic E-state index is 13.3. The molecule has 17 heavy (non-hydrogen) atoms. The highest BCUT2D eigenvalue weighted by Gasteiger charge is 2.05. The molecule has 84 valence electrons. The predicted octanol–water partition coefficient (Wildman–Crippen LogP) is 3.54. The molecular weight excluding hydrogens is 243 g/mol. The third kappa shape index (κ3) is 2.71. The lowest BCUT2D eigenvalue weighted by molar-refractivity contribution is 0.458. The molecule has 0 radical (unpaired) electrons. The van der Waals surface area contributed by atoms with E-state index in [4.69, 9.17) is 21.6 Å². The van der Waals surface area contributed by atoms with E-state index in [-0.39, 0.29) is 22.3 Å². The zero-order valence-corrected chi connectivity index (χ0v) is 9.28. The molecule has 0 fully saturated rings. The van der Waals surface area contributed by atoms with Crippen LogP contribution in [-0.2, 0) is 0 Å². The molecule has 0 spiro atoms. The van der Waals surface area contributed by atoms with Crippen molar-refractivity contribution in [1.29, 1.82) is 5.26 Å². The topological polar surface area (TPSA) is 45.9 Å². The molecule has 0 aliphatic carbocycles. The molecular formula is C12H6ClFN2O. The van der Waals surface area contributed by atoms with E-state index in [9.17, 15) is 4.39 Å². The van der Waals surface area contributed by atoms with E-state index in [1.165, 1.54) is 12.1 Å². The molecule has 0 N–H and O–H groups in total. The standard InChI is InChI=1S/C12H6ClFN2O/c13-11-2-1-3-12(16-11)17-9-5-4-8(7-15)10(14)6-9/h1-6H. The summed E-state index contributed by atoms with van der Waals surface area (Å²) in [6.45, 7) is 0. The summed E-state index contributed by atoms with van der Waals surface area (Å²) < 4.78 is 18.6. The molecule has 0 unspecified atom stereocenters. The first-order valence-electron chi connectivity index (χ1n) is 4.69. The molecule has 3 nitrogen and oxygen atoms in total. The second-order valence-electron chi connectivity index (χ2n) is 3.15. The average molecular weight is 249 g/mol. The number of halogens is 2. The van der Waals surface area contributed by atoms with Crippen molar-refractivity contribution in [2.45, 2.75) is 0 Å². The Morgan fingerprint density at radius 2 is 2.12 bits per heavy atom. The van der Waals surface area contributed by atoms with Gasteiger partial charge in [-0.2, -0.15) is 5.26 Å². The van der Waals surface area contributed by atoms with Crippen molar-refractivity contribution in [2.24, 2.45) is 0 Å². The first-order chi connectivity index (χ1) is 8.19. The Balaban J connectivity index is 2.25. The summed E-state index contributed by atoms with van der Waals surface area (Å²) in [5.41, 5.74) is -0.0311. The molecule has 5 heteroatoms. The van der Waals surface area contributed by atoms with Crippen molar-refractivity contribution >= 4 is 11.6 Å². The first kappa shape index (κ1) is 11.4. The number of aromatic nitrogens is 1. The summed E-state index contributed by atoms with van der Waals surface area (Å²) in [6, 6.07) is 10.6. The van der Waals surface area contributed by atoms with Gasteiger partial charge < -0.3 is 4.74 Å². The summed E-state index contributed by atoms with van der Waals surface area (Å²) in [5, 5.41) is 8.86. The van der Waals surface area contributed by atoms with Crippen molar-refractivity contribution < 1.29 is 9.13 Å². The molecule has 0 aliphatic rings. The van der Waals surface area contributed by atoms with Gasteiger partial charge in [0, 0.05) is 12.1 Å². The van der Waals surface area contributed by atoms with Crippen molar-refractivity contribution in [3.63, 3.8) is 0 Å². The van der Waals surface area contributed by atoms with Gasteiger partial charge in [-0.25, -0.2) is 9.37 Å². The quantitative estimate of drug-likeness (QED) is 0.764. The fraction of sp³-hybridized carbons (Fsp3) is 0. The number of hydrogen-bond donors (Lipinski definition) is 0. The monoisotopic (exact) mass is 248 g/mol. The Labute approximate surface area is 102 Å². The van der Waals surface area contributed by atoms with Crippen LogP contribution in [-0.4, -0.2) is 4.98 Å². The van der Waals surface area contributed by atoms with Crippen molar-refractivity contribution in [2.75, 3.05) is 0 Å². The van der Waals surface area contributed by atoms with E-state index in [1.54, 1.807) is 24.3 Å². The summed E-state index contributed by atoms with van der Waals surface area (Å²) in [7, 11) is 0. The van der Waals surface area contributed by atoms with Crippen LogP contribution in [0.15, 0.2) is 36.4 Å². The Hall–Kier alpha value is -2.12. The van der Waals surface area contributed by atoms with Crippen molar-refractivity contribution in [3.8, 4) is 17.7 Å². The smallest absolute Gasteiger partial charge is 0.220 e. The lowest BCUT2D eigenvalue weighted by Gasteiger charge is -2.04. The fourth-order valence-corrected chi connectivity index (χ4v) is 1.37. The van der Waals surface area contributed by atoms with Crippen molar-refractivity contribution in [1.82, 2.24) is 4.98 Å². The van der Waals surface area contributed by atoms with Crippen LogP contribution in [0.3, 0.4) is 0 Å². The molecule has 1 heterocycles. The van der Waals surface area contributed by atoms with E-state index in [2.05, 4.69) is 4.98 Å². The summed E-state index contributed by atoms with van der Waals surface area (Å²) >= 11 is 5.68. The van der Waals surface area contributed by atoms with Gasteiger partial charge >= 0.3 is 0 Å². The van der Waals surface area contributed by atoms with Gasteiger partial charge in [-0.15, -0.1) is 0 Å². The molecule has 0 amide bonds. The molecule has 1 aromatic carbocycles. The number of benzene rings is 1. The van der Waals surface area contributed by atoms with Crippen LogP contribution in [0.1, 0.15) is 5.56 Å². The molecule has 0 bridgehead atoms. The molecule has 0 saturated carbocycles. The average Bonchev–Trinajstić information content (AvgIpc) is 2.29. The van der Waals surface area contributed by atoms with Gasteiger partial charge in [0.25, 0.3) is 0 Å². The maximum Gasteiger partial charge on any atom is 0.220 e. The third-order valence-electron chi connectivity index (χ3n) is 1.97. The van der Waals surface area contributed by atoms with E-state index >= 15 is 0 Å². The van der Waals surface area contributed by atoms with Crippen LogP contribution in [0, 0.1) is 17.1 Å². The van der Waals surface area contributed by atoms with E-state index in [0.29, 0.717) is 0 Å². The Morgan fingerprint density at radius 3 is 2.76 bits per heavy atom. The lowest BCUT2D eigenvalue weighted by Crippen LogP contribution is -1.90. The van der Waals surface area contributed by atoms with E-state index in [1.807, 2.05) is 0 Å². The minimum absolute atomic E-state index is 0.0311. The van der Waals surface area contributed by atoms with Gasteiger partial charge in [0.15, 0.2) is 0 Å². The summed E-state index contributed by atoms with van der Waals surface area (Å²) in [5.74, 6) is -0.107. The van der Waals surface area contributed by atoms with E-state index < -0.39 is 5.82 Å². The van der Waals surface area contributed by atoms with Crippen LogP contribution in [0.2, 0.25) is 5.15 Å². The number of pyridine rings is 1. The van der Waals surface area contributed by atoms with Crippen LogP contribution in [0.4, 0.5) is 4.39 Å². The number of ether oxygens (including phenoxy) is 1. The van der Waals surface area contributed by atoms with Crippen LogP contribution >= 0.6 is 11.6 Å². The maximum absolute atomic E-state index is 13.3. The van der Waals surface area contributed by atoms with E-state index in [0.717, 1.165) is 6.07 Å². The highest BCUT2D eigenvalue weighted by Crippen LogP contribution is 2.22. The summed E-state index contributed by atoms with van der Waals surface area (Å²) in [6.07, 6.45) is 0. The number of nitriles is 1. The highest BCUT2D eigenvalue weighted by atomic mass is 35.5. The fourth-order valence-electron chi connectivity index (χ4n) is 1.22. The molecule has 1 aromatic heterocycles. The Morgan fingerprint density at radius 1 is 1.29 bits per heavy atom. The minimum Gasteiger partial charge on any atom is -0.439 e. The number of hydrogen-bond acceptors (Lipinski definition) is 3. The molecule has 2 rings (SSSR count). The summed E-state index contributed by atoms with van der Waals surface area (Å²) in [4.78, 5) is 3.90. The second kappa shape index (κ2) is 4.81. The molecule has 2 aromatic rings. The highest BCUT2D eigenvalue weighted by molar-refractivity contribution is 6.29. The normalized spacial score (nSPS) is 9.71. The second-order valence-corrected chi connectivity index (χ2v) is 3.54. The molecule has 0 atom stereocenters. The van der Waals surface area contributed by atoms with Crippen molar-refractivity contribution in [3.05, 3.63) is 52.9 Å². The van der Waals surface area contributed by atoms with Gasteiger partial charge in [-0.3, -0.25) is 0 Å². The molecule has 0 aliphatic heterocycles. The zero-order valence-electron chi connectivity index (χ0n) is 8.52. The lowest BCUT2D eigenvalue weighted by atomic mass is 10.2. The Bertz CT molecular complexity index is 595. The minimum atomic E-state index is -0.632. The predicted molar refractivity (Wildman–Crippen MR) is 60.4 cm³/mol. The zero-order chi connectivity index (χ0) is 12.3. The van der Waals surface area contributed by atoms with Crippen LogP contribution < -0.4 is 4.74 Å². The largest absolute Gasteiger partial charge is 0.439 e. The first-order valence-corrected chi connectivity index (χ1v) is 5.07. The third-order valence-corrected chi connectivity index (χ3v) is 2.18. The van der Waals surface area contributed by atoms with Crippen LogP contribution in [0.5, 0.6) is 11.6 Å². The van der Waals surface area contributed by atoms with Gasteiger partial charge in [0.1, 0.15) is 22.8 Å². The Kier molecular flexibility index (Phi) is 3.22. The number of nitrogens with zero attached hydrogens (tertiary/aromatic N) is 2.